The predicted octanol–water partition coefficient (Wildman–Crippen LogP) is 2.86. The summed E-state index contributed by atoms with van der Waals surface area (Å²) >= 11 is 1.82. The molecule has 1 spiro atoms. The molecule has 2 aliphatic rings. The zero-order valence-electron chi connectivity index (χ0n) is 13.7. The van der Waals surface area contributed by atoms with E-state index >= 15 is 0 Å². The Balaban J connectivity index is 1.50. The van der Waals surface area contributed by atoms with Crippen LogP contribution in [0.2, 0.25) is 0 Å². The van der Waals surface area contributed by atoms with Crippen LogP contribution in [0, 0.1) is 0 Å². The Hall–Kier alpha value is -1.92. The van der Waals surface area contributed by atoms with Crippen LogP contribution in [-0.2, 0) is 16.8 Å². The molecule has 0 atom stereocenters. The number of methoxy groups -OCH3 is 1. The fraction of sp³-hybridized carbons (Fsp3) is 0.444. The maximum absolute atomic E-state index is 12.7. The molecule has 4 rings (SSSR count). The van der Waals surface area contributed by atoms with E-state index in [4.69, 9.17) is 9.47 Å². The van der Waals surface area contributed by atoms with Gasteiger partial charge in [0, 0.05) is 42.2 Å². The molecule has 2 aromatic rings. The van der Waals surface area contributed by atoms with Gasteiger partial charge in [-0.2, -0.15) is 0 Å². The molecule has 0 aliphatic carbocycles. The van der Waals surface area contributed by atoms with Crippen molar-refractivity contribution in [2.45, 2.75) is 24.9 Å². The van der Waals surface area contributed by atoms with Crippen LogP contribution in [0.4, 0.5) is 0 Å². The molecule has 4 heterocycles. The highest BCUT2D eigenvalue weighted by Crippen LogP contribution is 2.43. The van der Waals surface area contributed by atoms with Crippen molar-refractivity contribution in [2.75, 3.05) is 26.8 Å². The molecule has 1 fully saturated rings. The highest BCUT2D eigenvalue weighted by atomic mass is 32.1. The normalized spacial score (nSPS) is 19.1. The number of likely N-dealkylation sites (tertiary alicyclic amines) is 1. The quantitative estimate of drug-likeness (QED) is 0.841. The number of aromatic nitrogens is 1. The first-order valence-electron chi connectivity index (χ1n) is 8.22. The zero-order chi connectivity index (χ0) is 16.6. The number of hydrogen-bond donors (Lipinski definition) is 0. The van der Waals surface area contributed by atoms with Crippen molar-refractivity contribution < 1.29 is 14.3 Å². The highest BCUT2D eigenvalue weighted by Gasteiger charge is 2.42. The first-order valence-corrected chi connectivity index (χ1v) is 9.10. The summed E-state index contributed by atoms with van der Waals surface area (Å²) in [4.78, 5) is 20.2. The third kappa shape index (κ3) is 2.59. The molecule has 24 heavy (non-hydrogen) atoms. The average molecular weight is 344 g/mol. The molecule has 0 unspecified atom stereocenters. The third-order valence-electron chi connectivity index (χ3n) is 4.99. The molecule has 126 valence electrons. The maximum atomic E-state index is 12.7. The highest BCUT2D eigenvalue weighted by molar-refractivity contribution is 7.10. The smallest absolute Gasteiger partial charge is 0.254 e. The summed E-state index contributed by atoms with van der Waals surface area (Å²) in [5.41, 5.74) is 1.77. The summed E-state index contributed by atoms with van der Waals surface area (Å²) in [6.07, 6.45) is 4.32. The number of hydrogen-bond acceptors (Lipinski definition) is 5. The topological polar surface area (TPSA) is 51.7 Å². The number of fused-ring (bicyclic) bond motifs is 2. The minimum Gasteiger partial charge on any atom is -0.481 e. The van der Waals surface area contributed by atoms with Crippen LogP contribution >= 0.6 is 11.3 Å². The number of ether oxygens (including phenoxy) is 2. The second-order valence-corrected chi connectivity index (χ2v) is 7.23. The van der Waals surface area contributed by atoms with Crippen molar-refractivity contribution in [3.63, 3.8) is 0 Å². The first kappa shape index (κ1) is 15.6. The van der Waals surface area contributed by atoms with Crippen LogP contribution in [0.3, 0.4) is 0 Å². The molecular weight excluding hydrogens is 324 g/mol. The van der Waals surface area contributed by atoms with Crippen molar-refractivity contribution in [1.82, 2.24) is 9.88 Å². The Bertz CT molecular complexity index is 750. The molecule has 6 heteroatoms. The van der Waals surface area contributed by atoms with E-state index in [1.807, 2.05) is 16.2 Å². The number of amides is 1. The van der Waals surface area contributed by atoms with E-state index in [9.17, 15) is 4.79 Å². The van der Waals surface area contributed by atoms with Gasteiger partial charge in [0.2, 0.25) is 5.88 Å². The van der Waals surface area contributed by atoms with E-state index in [0.717, 1.165) is 25.9 Å². The van der Waals surface area contributed by atoms with Gasteiger partial charge >= 0.3 is 0 Å². The second kappa shape index (κ2) is 6.18. The Kier molecular flexibility index (Phi) is 4.02. The lowest BCUT2D eigenvalue weighted by Crippen LogP contribution is -2.48. The van der Waals surface area contributed by atoms with Gasteiger partial charge < -0.3 is 14.4 Å². The number of nitrogens with zero attached hydrogens (tertiary/aromatic N) is 2. The van der Waals surface area contributed by atoms with Crippen LogP contribution in [0.5, 0.6) is 5.88 Å². The van der Waals surface area contributed by atoms with E-state index < -0.39 is 0 Å². The Morgan fingerprint density at radius 2 is 2.21 bits per heavy atom. The van der Waals surface area contributed by atoms with Gasteiger partial charge in [0.15, 0.2) is 0 Å². The van der Waals surface area contributed by atoms with Crippen LogP contribution in [-0.4, -0.2) is 42.6 Å². The van der Waals surface area contributed by atoms with Gasteiger partial charge in [-0.3, -0.25) is 4.79 Å². The van der Waals surface area contributed by atoms with Gasteiger partial charge in [-0.15, -0.1) is 11.3 Å². The fourth-order valence-corrected chi connectivity index (χ4v) is 4.63. The SMILES string of the molecule is COc1cc(C(=O)N2CCC3(CC2)OCCc2sccc23)ccn1. The second-order valence-electron chi connectivity index (χ2n) is 6.23. The maximum Gasteiger partial charge on any atom is 0.254 e. The number of thiophene rings is 1. The molecule has 0 aromatic carbocycles. The molecule has 2 aliphatic heterocycles. The van der Waals surface area contributed by atoms with Crippen LogP contribution in [0.15, 0.2) is 29.8 Å². The van der Waals surface area contributed by atoms with Crippen molar-refractivity contribution in [3.05, 3.63) is 45.8 Å². The average Bonchev–Trinajstić information content (AvgIpc) is 3.12. The molecule has 1 amide bonds. The molecule has 5 nitrogen and oxygen atoms in total. The van der Waals surface area contributed by atoms with Crippen LogP contribution < -0.4 is 4.74 Å². The molecule has 0 radical (unpaired) electrons. The first-order chi connectivity index (χ1) is 11.7. The van der Waals surface area contributed by atoms with Gasteiger partial charge in [0.1, 0.15) is 0 Å². The summed E-state index contributed by atoms with van der Waals surface area (Å²) in [6, 6.07) is 5.63. The summed E-state index contributed by atoms with van der Waals surface area (Å²) in [6.45, 7) is 2.19. The molecule has 1 saturated heterocycles. The third-order valence-corrected chi connectivity index (χ3v) is 5.97. The van der Waals surface area contributed by atoms with E-state index in [0.29, 0.717) is 24.5 Å². The van der Waals surface area contributed by atoms with Crippen molar-refractivity contribution >= 4 is 17.2 Å². The number of carbonyl (C=O) groups excluding carboxylic acids is 1. The van der Waals surface area contributed by atoms with E-state index in [2.05, 4.69) is 16.4 Å². The minimum absolute atomic E-state index is 0.0342. The Labute approximate surface area is 145 Å². The lowest BCUT2D eigenvalue weighted by molar-refractivity contribution is -0.0926. The minimum atomic E-state index is -0.194. The largest absolute Gasteiger partial charge is 0.481 e. The van der Waals surface area contributed by atoms with Crippen LogP contribution in [0.25, 0.3) is 0 Å². The van der Waals surface area contributed by atoms with Gasteiger partial charge in [-0.1, -0.05) is 0 Å². The lowest BCUT2D eigenvalue weighted by atomic mass is 9.82. The summed E-state index contributed by atoms with van der Waals surface area (Å²) in [7, 11) is 1.56. The zero-order valence-corrected chi connectivity index (χ0v) is 14.5. The standard InChI is InChI=1S/C18H20N2O3S/c1-22-16-12-13(2-7-19-16)17(21)20-8-5-18(6-9-20)14-4-11-24-15(14)3-10-23-18/h2,4,7,11-12H,3,5-6,8-10H2,1H3. The van der Waals surface area contributed by atoms with Crippen molar-refractivity contribution in [2.24, 2.45) is 0 Å². The van der Waals surface area contributed by atoms with E-state index in [-0.39, 0.29) is 11.5 Å². The van der Waals surface area contributed by atoms with E-state index in [1.54, 1.807) is 25.4 Å². The van der Waals surface area contributed by atoms with Crippen molar-refractivity contribution in [3.8, 4) is 5.88 Å². The molecule has 0 bridgehead atoms. The predicted molar refractivity (Wildman–Crippen MR) is 91.6 cm³/mol. The summed E-state index contributed by atoms with van der Waals surface area (Å²) in [5, 5.41) is 2.15. The molecular formula is C18H20N2O3S. The molecule has 0 saturated carbocycles. The summed E-state index contributed by atoms with van der Waals surface area (Å²) in [5.74, 6) is 0.500. The monoisotopic (exact) mass is 344 g/mol. The molecule has 0 N–H and O–H groups in total. The lowest BCUT2D eigenvalue weighted by Gasteiger charge is -2.44. The van der Waals surface area contributed by atoms with Gasteiger partial charge in [0.25, 0.3) is 5.91 Å². The van der Waals surface area contributed by atoms with Crippen LogP contribution in [0.1, 0.15) is 33.6 Å². The number of piperidine rings is 1. The number of carbonyl (C=O) groups is 1. The number of pyridine rings is 1. The Morgan fingerprint density at radius 3 is 3.00 bits per heavy atom. The van der Waals surface area contributed by atoms with Gasteiger partial charge in [-0.05, 0) is 35.9 Å². The molecule has 2 aromatic heterocycles. The van der Waals surface area contributed by atoms with Gasteiger partial charge in [0.05, 0.1) is 19.3 Å². The Morgan fingerprint density at radius 1 is 1.38 bits per heavy atom. The van der Waals surface area contributed by atoms with Crippen molar-refractivity contribution in [1.29, 1.82) is 0 Å². The number of rotatable bonds is 2. The van der Waals surface area contributed by atoms with E-state index in [1.165, 1.54) is 10.4 Å². The van der Waals surface area contributed by atoms with Gasteiger partial charge in [-0.25, -0.2) is 4.98 Å². The summed E-state index contributed by atoms with van der Waals surface area (Å²) < 4.78 is 11.3. The fourth-order valence-electron chi connectivity index (χ4n) is 3.68.